The van der Waals surface area contributed by atoms with Crippen LogP contribution in [0.25, 0.3) is 0 Å². The molecule has 1 aliphatic rings. The van der Waals surface area contributed by atoms with E-state index in [2.05, 4.69) is 16.9 Å². The topological polar surface area (TPSA) is 55.3 Å². The van der Waals surface area contributed by atoms with Gasteiger partial charge in [0.1, 0.15) is 6.04 Å². The van der Waals surface area contributed by atoms with Gasteiger partial charge in [0.05, 0.1) is 6.61 Å². The zero-order chi connectivity index (χ0) is 12.3. The van der Waals surface area contributed by atoms with Crippen molar-refractivity contribution in [3.8, 4) is 0 Å². The van der Waals surface area contributed by atoms with E-state index in [1.807, 2.05) is 11.8 Å². The third-order valence-electron chi connectivity index (χ3n) is 3.01. The predicted molar refractivity (Wildman–Crippen MR) is 63.6 cm³/mol. The molecule has 0 bridgehead atoms. The molecule has 1 aromatic rings. The number of aromatic nitrogens is 2. The molecule has 0 aromatic carbocycles. The third-order valence-corrected chi connectivity index (χ3v) is 3.01. The lowest BCUT2D eigenvalue weighted by atomic mass is 10.2. The van der Waals surface area contributed by atoms with E-state index in [9.17, 15) is 4.79 Å². The summed E-state index contributed by atoms with van der Waals surface area (Å²) in [5.41, 5.74) is 0. The van der Waals surface area contributed by atoms with Crippen LogP contribution < -0.4 is 4.90 Å². The Labute approximate surface area is 101 Å². The van der Waals surface area contributed by atoms with Gasteiger partial charge in [0.25, 0.3) is 0 Å². The maximum atomic E-state index is 11.9. The van der Waals surface area contributed by atoms with Gasteiger partial charge in [0, 0.05) is 18.4 Å². The van der Waals surface area contributed by atoms with Crippen molar-refractivity contribution in [1.29, 1.82) is 0 Å². The number of rotatable bonds is 3. The molecule has 1 aliphatic heterocycles. The maximum absolute atomic E-state index is 11.9. The Balaban J connectivity index is 2.20. The summed E-state index contributed by atoms with van der Waals surface area (Å²) in [6, 6.07) is 1.79. The van der Waals surface area contributed by atoms with E-state index in [0.717, 1.165) is 12.8 Å². The normalized spacial score (nSPS) is 23.8. The molecular weight excluding hydrogens is 218 g/mol. The van der Waals surface area contributed by atoms with Gasteiger partial charge >= 0.3 is 5.97 Å². The molecule has 17 heavy (non-hydrogen) atoms. The zero-order valence-electron chi connectivity index (χ0n) is 10.2. The number of hydrogen-bond donors (Lipinski definition) is 0. The standard InChI is InChI=1S/C12H17N3O2/c1-3-17-11(16)10-6-5-9(2)15(10)12-13-7-4-8-14-12/h4,7-10H,3,5-6H2,1-2H3. The van der Waals surface area contributed by atoms with E-state index >= 15 is 0 Å². The van der Waals surface area contributed by atoms with Gasteiger partial charge in [-0.25, -0.2) is 14.8 Å². The highest BCUT2D eigenvalue weighted by Crippen LogP contribution is 2.28. The highest BCUT2D eigenvalue weighted by atomic mass is 16.5. The van der Waals surface area contributed by atoms with Crippen molar-refractivity contribution >= 4 is 11.9 Å². The maximum Gasteiger partial charge on any atom is 0.328 e. The molecule has 1 saturated heterocycles. The van der Waals surface area contributed by atoms with Crippen LogP contribution in [0.4, 0.5) is 5.95 Å². The number of hydrogen-bond acceptors (Lipinski definition) is 5. The van der Waals surface area contributed by atoms with Crippen LogP contribution in [0.2, 0.25) is 0 Å². The molecule has 1 fully saturated rings. The Morgan fingerprint density at radius 2 is 2.18 bits per heavy atom. The van der Waals surface area contributed by atoms with E-state index in [4.69, 9.17) is 4.74 Å². The van der Waals surface area contributed by atoms with Gasteiger partial charge in [-0.2, -0.15) is 0 Å². The van der Waals surface area contributed by atoms with Crippen LogP contribution in [-0.4, -0.2) is 34.6 Å². The highest BCUT2D eigenvalue weighted by molar-refractivity contribution is 5.80. The van der Waals surface area contributed by atoms with Gasteiger partial charge in [-0.3, -0.25) is 0 Å². The largest absolute Gasteiger partial charge is 0.464 e. The van der Waals surface area contributed by atoms with Crippen LogP contribution in [0.15, 0.2) is 18.5 Å². The summed E-state index contributed by atoms with van der Waals surface area (Å²) < 4.78 is 5.09. The van der Waals surface area contributed by atoms with E-state index < -0.39 is 0 Å². The minimum Gasteiger partial charge on any atom is -0.464 e. The summed E-state index contributed by atoms with van der Waals surface area (Å²) in [4.78, 5) is 22.2. The first-order chi connectivity index (χ1) is 8.24. The molecule has 0 radical (unpaired) electrons. The fourth-order valence-electron chi connectivity index (χ4n) is 2.22. The van der Waals surface area contributed by atoms with Crippen LogP contribution in [0.3, 0.4) is 0 Å². The van der Waals surface area contributed by atoms with Gasteiger partial charge < -0.3 is 9.64 Å². The Hall–Kier alpha value is -1.65. The molecular formula is C12H17N3O2. The monoisotopic (exact) mass is 235 g/mol. The Bertz CT molecular complexity index is 383. The van der Waals surface area contributed by atoms with Gasteiger partial charge in [0.2, 0.25) is 5.95 Å². The molecule has 2 unspecified atom stereocenters. The van der Waals surface area contributed by atoms with Crippen molar-refractivity contribution in [2.45, 2.75) is 38.8 Å². The summed E-state index contributed by atoms with van der Waals surface area (Å²) in [6.07, 6.45) is 5.14. The molecule has 2 rings (SSSR count). The zero-order valence-corrected chi connectivity index (χ0v) is 10.2. The first-order valence-electron chi connectivity index (χ1n) is 5.96. The summed E-state index contributed by atoms with van der Waals surface area (Å²) in [6.45, 7) is 4.31. The fourth-order valence-corrected chi connectivity index (χ4v) is 2.22. The molecule has 0 aliphatic carbocycles. The van der Waals surface area contributed by atoms with Gasteiger partial charge in [-0.15, -0.1) is 0 Å². The number of carbonyl (C=O) groups is 1. The molecule has 0 amide bonds. The van der Waals surface area contributed by atoms with Gasteiger partial charge in [0.15, 0.2) is 0 Å². The molecule has 0 saturated carbocycles. The van der Waals surface area contributed by atoms with E-state index in [0.29, 0.717) is 12.6 Å². The van der Waals surface area contributed by atoms with Crippen LogP contribution in [0.5, 0.6) is 0 Å². The fraction of sp³-hybridized carbons (Fsp3) is 0.583. The second-order valence-corrected chi connectivity index (χ2v) is 4.15. The lowest BCUT2D eigenvalue weighted by Gasteiger charge is -2.26. The Morgan fingerprint density at radius 1 is 1.47 bits per heavy atom. The number of esters is 1. The van der Waals surface area contributed by atoms with Crippen molar-refractivity contribution in [1.82, 2.24) is 9.97 Å². The van der Waals surface area contributed by atoms with E-state index in [-0.39, 0.29) is 18.1 Å². The Kier molecular flexibility index (Phi) is 3.56. The molecule has 0 spiro atoms. The minimum atomic E-state index is -0.243. The lowest BCUT2D eigenvalue weighted by Crippen LogP contribution is -2.41. The number of nitrogens with zero attached hydrogens (tertiary/aromatic N) is 3. The summed E-state index contributed by atoms with van der Waals surface area (Å²) >= 11 is 0. The number of anilines is 1. The van der Waals surface area contributed by atoms with Crippen LogP contribution in [-0.2, 0) is 9.53 Å². The molecule has 5 heteroatoms. The van der Waals surface area contributed by atoms with Crippen molar-refractivity contribution < 1.29 is 9.53 Å². The average Bonchev–Trinajstić information content (AvgIpc) is 2.73. The first kappa shape index (κ1) is 11.8. The molecule has 1 aromatic heterocycles. The van der Waals surface area contributed by atoms with Gasteiger partial charge in [-0.1, -0.05) is 0 Å². The van der Waals surface area contributed by atoms with Crippen LogP contribution in [0.1, 0.15) is 26.7 Å². The summed E-state index contributed by atoms with van der Waals surface area (Å²) in [5.74, 6) is 0.430. The second kappa shape index (κ2) is 5.12. The van der Waals surface area contributed by atoms with E-state index in [1.54, 1.807) is 18.5 Å². The smallest absolute Gasteiger partial charge is 0.328 e. The molecule has 0 N–H and O–H groups in total. The first-order valence-corrected chi connectivity index (χ1v) is 5.96. The molecule has 5 nitrogen and oxygen atoms in total. The molecule has 92 valence electrons. The number of carbonyl (C=O) groups excluding carboxylic acids is 1. The minimum absolute atomic E-state index is 0.177. The van der Waals surface area contributed by atoms with Crippen molar-refractivity contribution in [2.75, 3.05) is 11.5 Å². The van der Waals surface area contributed by atoms with Crippen molar-refractivity contribution in [2.24, 2.45) is 0 Å². The average molecular weight is 235 g/mol. The SMILES string of the molecule is CCOC(=O)C1CCC(C)N1c1ncccn1. The van der Waals surface area contributed by atoms with Crippen LogP contribution in [0, 0.1) is 0 Å². The highest BCUT2D eigenvalue weighted by Gasteiger charge is 2.37. The van der Waals surface area contributed by atoms with Crippen LogP contribution >= 0.6 is 0 Å². The third kappa shape index (κ3) is 2.38. The summed E-state index contributed by atoms with van der Waals surface area (Å²) in [7, 11) is 0. The Morgan fingerprint density at radius 3 is 2.82 bits per heavy atom. The second-order valence-electron chi connectivity index (χ2n) is 4.15. The van der Waals surface area contributed by atoms with Gasteiger partial charge in [-0.05, 0) is 32.8 Å². The van der Waals surface area contributed by atoms with E-state index in [1.165, 1.54) is 0 Å². The predicted octanol–water partition coefficient (Wildman–Crippen LogP) is 1.40. The summed E-state index contributed by atoms with van der Waals surface area (Å²) in [5, 5.41) is 0. The lowest BCUT2D eigenvalue weighted by molar-refractivity contribution is -0.144. The molecule has 2 heterocycles. The quantitative estimate of drug-likeness (QED) is 0.741. The molecule has 2 atom stereocenters. The number of ether oxygens (including phenoxy) is 1. The van der Waals surface area contributed by atoms with Crippen molar-refractivity contribution in [3.05, 3.63) is 18.5 Å². The van der Waals surface area contributed by atoms with Crippen molar-refractivity contribution in [3.63, 3.8) is 0 Å².